The van der Waals surface area contributed by atoms with Gasteiger partial charge < -0.3 is 0 Å². The second-order valence-corrected chi connectivity index (χ2v) is 5.90. The van der Waals surface area contributed by atoms with Gasteiger partial charge in [0.1, 0.15) is 0 Å². The van der Waals surface area contributed by atoms with Gasteiger partial charge in [-0.05, 0) is 24.4 Å². The smallest absolute Gasteiger partial charge is 0.254 e. The predicted molar refractivity (Wildman–Crippen MR) is 71.9 cm³/mol. The van der Waals surface area contributed by atoms with E-state index in [4.69, 9.17) is 0 Å². The normalized spacial score (nSPS) is 15.5. The Hall–Kier alpha value is -1.99. The lowest BCUT2D eigenvalue weighted by Crippen LogP contribution is -2.27. The first kappa shape index (κ1) is 11.1. The van der Waals surface area contributed by atoms with Gasteiger partial charge in [0, 0.05) is 5.39 Å². The Morgan fingerprint density at radius 2 is 1.89 bits per heavy atom. The topological polar surface area (TPSA) is 37.4 Å². The van der Waals surface area contributed by atoms with Crippen LogP contribution >= 0.6 is 0 Å². The monoisotopic (exact) mass is 257 g/mol. The molecule has 0 atom stereocenters. The predicted octanol–water partition coefficient (Wildman–Crippen LogP) is 2.37. The van der Waals surface area contributed by atoms with Crippen LogP contribution in [0.15, 0.2) is 41.3 Å². The minimum absolute atomic E-state index is 0.201. The van der Waals surface area contributed by atoms with Gasteiger partial charge in [0.25, 0.3) is 10.0 Å². The lowest BCUT2D eigenvalue weighted by molar-refractivity contribution is 0.596. The van der Waals surface area contributed by atoms with Crippen molar-refractivity contribution in [1.29, 1.82) is 0 Å². The van der Waals surface area contributed by atoms with Crippen molar-refractivity contribution in [1.82, 2.24) is 0 Å². The molecule has 1 heterocycles. The molecule has 3 rings (SSSR count). The molecule has 0 N–H and O–H groups in total. The van der Waals surface area contributed by atoms with Gasteiger partial charge in [0.2, 0.25) is 0 Å². The molecule has 0 aromatic heterocycles. The van der Waals surface area contributed by atoms with Crippen LogP contribution in [0.4, 0.5) is 5.69 Å². The molecule has 0 amide bonds. The average molecular weight is 257 g/mol. The number of rotatable bonds is 1. The fourth-order valence-corrected chi connectivity index (χ4v) is 3.89. The molecule has 18 heavy (non-hydrogen) atoms. The fourth-order valence-electron chi connectivity index (χ4n) is 2.28. The van der Waals surface area contributed by atoms with Crippen molar-refractivity contribution in [3.05, 3.63) is 36.4 Å². The Kier molecular flexibility index (Phi) is 2.32. The van der Waals surface area contributed by atoms with Gasteiger partial charge >= 0.3 is 0 Å². The Bertz CT molecular complexity index is 792. The van der Waals surface area contributed by atoms with Crippen molar-refractivity contribution in [3.63, 3.8) is 0 Å². The number of hydrogen-bond donors (Lipinski definition) is 0. The van der Waals surface area contributed by atoms with Crippen LogP contribution in [0.1, 0.15) is 6.92 Å². The molecule has 0 radical (unpaired) electrons. The van der Waals surface area contributed by atoms with Crippen molar-refractivity contribution in [2.75, 3.05) is 10.8 Å². The molecule has 4 heteroatoms. The summed E-state index contributed by atoms with van der Waals surface area (Å²) in [6.07, 6.45) is 0. The minimum atomic E-state index is -3.44. The molecule has 1 aliphatic rings. The van der Waals surface area contributed by atoms with Gasteiger partial charge in [0.05, 0.1) is 17.1 Å². The van der Waals surface area contributed by atoms with Crippen LogP contribution in [0, 0.1) is 11.8 Å². The first-order valence-corrected chi connectivity index (χ1v) is 7.04. The zero-order valence-electron chi connectivity index (χ0n) is 9.84. The van der Waals surface area contributed by atoms with E-state index in [2.05, 4.69) is 11.8 Å². The van der Waals surface area contributed by atoms with E-state index in [9.17, 15) is 8.42 Å². The molecule has 3 nitrogen and oxygen atoms in total. The lowest BCUT2D eigenvalue weighted by Gasteiger charge is -2.15. The Balaban J connectivity index is 2.36. The number of nitrogens with zero attached hydrogens (tertiary/aromatic N) is 1. The molecule has 2 aromatic rings. The lowest BCUT2D eigenvalue weighted by atomic mass is 10.1. The highest BCUT2D eigenvalue weighted by Crippen LogP contribution is 2.41. The van der Waals surface area contributed by atoms with Crippen LogP contribution < -0.4 is 4.31 Å². The third-order valence-corrected chi connectivity index (χ3v) is 4.88. The van der Waals surface area contributed by atoms with Gasteiger partial charge in [-0.3, -0.25) is 4.31 Å². The first-order valence-electron chi connectivity index (χ1n) is 5.60. The number of anilines is 1. The number of benzene rings is 2. The molecule has 0 bridgehead atoms. The summed E-state index contributed by atoms with van der Waals surface area (Å²) in [6, 6.07) is 11.0. The molecule has 0 saturated heterocycles. The van der Waals surface area contributed by atoms with Gasteiger partial charge in [0.15, 0.2) is 0 Å². The summed E-state index contributed by atoms with van der Waals surface area (Å²) in [5, 5.41) is 1.75. The van der Waals surface area contributed by atoms with E-state index in [0.29, 0.717) is 4.90 Å². The second-order valence-electron chi connectivity index (χ2n) is 4.07. The summed E-state index contributed by atoms with van der Waals surface area (Å²) in [5.41, 5.74) is 0.728. The molecular weight excluding hydrogens is 246 g/mol. The quantitative estimate of drug-likeness (QED) is 0.735. The van der Waals surface area contributed by atoms with E-state index in [1.165, 1.54) is 4.31 Å². The van der Waals surface area contributed by atoms with Crippen molar-refractivity contribution in [2.45, 2.75) is 11.8 Å². The molecule has 0 unspecified atom stereocenters. The van der Waals surface area contributed by atoms with E-state index in [1.54, 1.807) is 19.1 Å². The van der Waals surface area contributed by atoms with Gasteiger partial charge in [-0.1, -0.05) is 30.2 Å². The van der Waals surface area contributed by atoms with E-state index < -0.39 is 10.0 Å². The Morgan fingerprint density at radius 3 is 2.61 bits per heavy atom. The van der Waals surface area contributed by atoms with E-state index in [1.807, 2.05) is 24.3 Å². The standard InChI is InChI=1S/C14H11NO2S/c1-2-3-10-15-12-8-4-6-11-7-5-9-13(14(11)12)18(15,16)17/h4-9H,10H2,1H3. The summed E-state index contributed by atoms with van der Waals surface area (Å²) < 4.78 is 26.2. The molecule has 90 valence electrons. The number of sulfonamides is 1. The van der Waals surface area contributed by atoms with Crippen molar-refractivity contribution in [2.24, 2.45) is 0 Å². The summed E-state index contributed by atoms with van der Waals surface area (Å²) in [6.45, 7) is 1.91. The fraction of sp³-hybridized carbons (Fsp3) is 0.143. The molecule has 1 aliphatic heterocycles. The van der Waals surface area contributed by atoms with Crippen LogP contribution in [0.5, 0.6) is 0 Å². The minimum Gasteiger partial charge on any atom is -0.254 e. The van der Waals surface area contributed by atoms with Crippen molar-refractivity contribution < 1.29 is 8.42 Å². The van der Waals surface area contributed by atoms with Crippen molar-refractivity contribution in [3.8, 4) is 11.8 Å². The largest absolute Gasteiger partial charge is 0.265 e. The molecule has 0 spiro atoms. The van der Waals surface area contributed by atoms with E-state index in [0.717, 1.165) is 16.5 Å². The zero-order chi connectivity index (χ0) is 12.8. The van der Waals surface area contributed by atoms with Gasteiger partial charge in [-0.25, -0.2) is 8.42 Å². The maximum Gasteiger partial charge on any atom is 0.265 e. The van der Waals surface area contributed by atoms with Crippen LogP contribution in [-0.2, 0) is 10.0 Å². The molecule has 0 fully saturated rings. The Morgan fingerprint density at radius 1 is 1.17 bits per heavy atom. The molecular formula is C14H11NO2S. The van der Waals surface area contributed by atoms with Gasteiger partial charge in [-0.15, -0.1) is 5.92 Å². The third kappa shape index (κ3) is 1.34. The van der Waals surface area contributed by atoms with Gasteiger partial charge in [-0.2, -0.15) is 0 Å². The average Bonchev–Trinajstić information content (AvgIpc) is 2.59. The highest BCUT2D eigenvalue weighted by atomic mass is 32.2. The van der Waals surface area contributed by atoms with E-state index in [-0.39, 0.29) is 6.54 Å². The SMILES string of the molecule is CC#CCN1c2cccc3cccc(c23)S1(=O)=O. The molecule has 0 aliphatic carbocycles. The molecule has 0 saturated carbocycles. The van der Waals surface area contributed by atoms with Crippen LogP contribution in [-0.4, -0.2) is 15.0 Å². The van der Waals surface area contributed by atoms with Crippen LogP contribution in [0.25, 0.3) is 10.8 Å². The maximum absolute atomic E-state index is 12.4. The third-order valence-electron chi connectivity index (χ3n) is 3.08. The summed E-state index contributed by atoms with van der Waals surface area (Å²) in [5.74, 6) is 5.56. The highest BCUT2D eigenvalue weighted by molar-refractivity contribution is 7.93. The second kappa shape index (κ2) is 3.76. The first-order chi connectivity index (χ1) is 8.66. The maximum atomic E-state index is 12.4. The summed E-state index contributed by atoms with van der Waals surface area (Å²) in [4.78, 5) is 0.383. The Labute approximate surface area is 106 Å². The summed E-state index contributed by atoms with van der Waals surface area (Å²) >= 11 is 0. The highest BCUT2D eigenvalue weighted by Gasteiger charge is 2.34. The zero-order valence-corrected chi connectivity index (χ0v) is 10.7. The van der Waals surface area contributed by atoms with E-state index >= 15 is 0 Å². The number of hydrogen-bond acceptors (Lipinski definition) is 2. The van der Waals surface area contributed by atoms with Crippen molar-refractivity contribution >= 4 is 26.5 Å². The summed E-state index contributed by atoms with van der Waals surface area (Å²) in [7, 11) is -3.44. The van der Waals surface area contributed by atoms with Crippen LogP contribution in [0.2, 0.25) is 0 Å². The molecule has 2 aromatic carbocycles. The van der Waals surface area contributed by atoms with Crippen LogP contribution in [0.3, 0.4) is 0 Å².